The zero-order valence-corrected chi connectivity index (χ0v) is 16.8. The van der Waals surface area contributed by atoms with E-state index < -0.39 is 0 Å². The molecule has 0 saturated carbocycles. The molecule has 4 rings (SSSR count). The molecule has 29 heavy (non-hydrogen) atoms. The normalized spacial score (nSPS) is 14.3. The number of carbonyl (C=O) groups is 1. The second-order valence-electron chi connectivity index (χ2n) is 6.91. The van der Waals surface area contributed by atoms with Gasteiger partial charge in [0.25, 0.3) is 0 Å². The van der Waals surface area contributed by atoms with Crippen molar-refractivity contribution in [2.45, 2.75) is 25.3 Å². The molecule has 8 heteroatoms. The van der Waals surface area contributed by atoms with E-state index in [9.17, 15) is 4.79 Å². The van der Waals surface area contributed by atoms with Crippen LogP contribution in [-0.2, 0) is 6.54 Å². The van der Waals surface area contributed by atoms with Crippen LogP contribution >= 0.6 is 12.4 Å². The third-order valence-corrected chi connectivity index (χ3v) is 5.05. The van der Waals surface area contributed by atoms with E-state index in [1.807, 2.05) is 59.5 Å². The molecule has 1 saturated heterocycles. The number of para-hydroxylation sites is 1. The van der Waals surface area contributed by atoms with Crippen LogP contribution in [0.5, 0.6) is 0 Å². The van der Waals surface area contributed by atoms with Crippen LogP contribution in [0.4, 0.5) is 10.5 Å². The predicted octanol–water partition coefficient (Wildman–Crippen LogP) is 4.03. The predicted molar refractivity (Wildman–Crippen MR) is 114 cm³/mol. The number of amides is 2. The van der Waals surface area contributed by atoms with Crippen molar-refractivity contribution < 1.29 is 9.32 Å². The van der Waals surface area contributed by atoms with Crippen LogP contribution in [0.1, 0.15) is 30.2 Å². The van der Waals surface area contributed by atoms with E-state index in [2.05, 4.69) is 15.5 Å². The van der Waals surface area contributed by atoms with Crippen LogP contribution in [0.25, 0.3) is 11.4 Å². The summed E-state index contributed by atoms with van der Waals surface area (Å²) in [7, 11) is 0. The molecule has 0 atom stereocenters. The van der Waals surface area contributed by atoms with Crippen LogP contribution in [0.2, 0.25) is 0 Å². The molecule has 0 unspecified atom stereocenters. The highest BCUT2D eigenvalue weighted by atomic mass is 35.5. The Hall–Kier alpha value is -2.90. The molecular formula is C21H24ClN5O2. The number of nitrogens with two attached hydrogens (primary N) is 1. The number of anilines is 1. The maximum absolute atomic E-state index is 12.4. The van der Waals surface area contributed by atoms with Crippen LogP contribution in [0.15, 0.2) is 59.1 Å². The summed E-state index contributed by atoms with van der Waals surface area (Å²) in [4.78, 5) is 18.8. The Labute approximate surface area is 175 Å². The van der Waals surface area contributed by atoms with Crippen molar-refractivity contribution in [1.29, 1.82) is 0 Å². The molecule has 152 valence electrons. The quantitative estimate of drug-likeness (QED) is 0.673. The second-order valence-corrected chi connectivity index (χ2v) is 6.91. The van der Waals surface area contributed by atoms with Gasteiger partial charge in [-0.2, -0.15) is 4.98 Å². The number of hydrogen-bond donors (Lipinski definition) is 2. The lowest BCUT2D eigenvalue weighted by molar-refractivity contribution is 0.187. The monoisotopic (exact) mass is 413 g/mol. The summed E-state index contributed by atoms with van der Waals surface area (Å²) in [6.07, 6.45) is 1.60. The number of benzene rings is 2. The van der Waals surface area contributed by atoms with Crippen molar-refractivity contribution in [3.05, 3.63) is 66.1 Å². The van der Waals surface area contributed by atoms with Crippen molar-refractivity contribution in [3.8, 4) is 11.4 Å². The number of hydrogen-bond acceptors (Lipinski definition) is 5. The van der Waals surface area contributed by atoms with Gasteiger partial charge in [0.05, 0.1) is 0 Å². The summed E-state index contributed by atoms with van der Waals surface area (Å²) in [5.41, 5.74) is 8.41. The maximum atomic E-state index is 12.4. The first-order chi connectivity index (χ1) is 13.7. The van der Waals surface area contributed by atoms with Gasteiger partial charge in [-0.3, -0.25) is 0 Å². The minimum absolute atomic E-state index is 0. The number of carbonyl (C=O) groups excluding carboxylic acids is 1. The molecule has 1 aliphatic rings. The molecule has 1 fully saturated rings. The number of rotatable bonds is 4. The number of halogens is 1. The molecule has 2 heterocycles. The van der Waals surface area contributed by atoms with Crippen molar-refractivity contribution in [2.24, 2.45) is 5.73 Å². The van der Waals surface area contributed by atoms with Gasteiger partial charge < -0.3 is 20.5 Å². The van der Waals surface area contributed by atoms with Crippen molar-refractivity contribution in [3.63, 3.8) is 0 Å². The second kappa shape index (κ2) is 9.54. The molecular weight excluding hydrogens is 390 g/mol. The lowest BCUT2D eigenvalue weighted by Gasteiger charge is -2.30. The number of nitrogens with zero attached hydrogens (tertiary/aromatic N) is 3. The van der Waals surface area contributed by atoms with Crippen molar-refractivity contribution >= 4 is 24.1 Å². The standard InChI is InChI=1S/C21H23N5O2.ClH/c22-14-15-6-8-16(9-7-15)19-24-20(28-25-19)17-10-12-26(13-11-17)21(27)23-18-4-2-1-3-5-18;/h1-9,17H,10-14,22H2,(H,23,27);1H. The number of likely N-dealkylation sites (tertiary alicyclic amines) is 1. The fraction of sp³-hybridized carbons (Fsp3) is 0.286. The molecule has 1 aromatic heterocycles. The molecule has 3 aromatic rings. The lowest BCUT2D eigenvalue weighted by Crippen LogP contribution is -2.40. The molecule has 2 aromatic carbocycles. The number of aromatic nitrogens is 2. The first-order valence-corrected chi connectivity index (χ1v) is 9.47. The Morgan fingerprint density at radius 3 is 2.45 bits per heavy atom. The highest BCUT2D eigenvalue weighted by Gasteiger charge is 2.27. The number of urea groups is 1. The van der Waals surface area contributed by atoms with Crippen LogP contribution in [0.3, 0.4) is 0 Å². The summed E-state index contributed by atoms with van der Waals surface area (Å²) in [6.45, 7) is 1.83. The number of nitrogens with one attached hydrogen (secondary N) is 1. The van der Waals surface area contributed by atoms with Crippen molar-refractivity contribution in [1.82, 2.24) is 15.0 Å². The zero-order chi connectivity index (χ0) is 19.3. The summed E-state index contributed by atoms with van der Waals surface area (Å²) < 4.78 is 5.50. The summed E-state index contributed by atoms with van der Waals surface area (Å²) in [5.74, 6) is 1.40. The smallest absolute Gasteiger partial charge is 0.321 e. The number of piperidine rings is 1. The topological polar surface area (TPSA) is 97.3 Å². The third kappa shape index (κ3) is 4.93. The van der Waals surface area contributed by atoms with Gasteiger partial charge in [0.2, 0.25) is 11.7 Å². The van der Waals surface area contributed by atoms with Gasteiger partial charge in [-0.1, -0.05) is 47.6 Å². The van der Waals surface area contributed by atoms with E-state index in [1.165, 1.54) is 0 Å². The van der Waals surface area contributed by atoms with E-state index in [4.69, 9.17) is 10.3 Å². The van der Waals surface area contributed by atoms with Crippen molar-refractivity contribution in [2.75, 3.05) is 18.4 Å². The van der Waals surface area contributed by atoms with Crippen LogP contribution < -0.4 is 11.1 Å². The Morgan fingerprint density at radius 1 is 1.10 bits per heavy atom. The zero-order valence-electron chi connectivity index (χ0n) is 16.0. The molecule has 0 bridgehead atoms. The van der Waals surface area contributed by atoms with Gasteiger partial charge in [-0.15, -0.1) is 12.4 Å². The Morgan fingerprint density at radius 2 is 1.79 bits per heavy atom. The van der Waals surface area contributed by atoms with Gasteiger partial charge in [0, 0.05) is 36.8 Å². The average molecular weight is 414 g/mol. The molecule has 0 aliphatic carbocycles. The fourth-order valence-corrected chi connectivity index (χ4v) is 3.36. The van der Waals surface area contributed by atoms with Crippen LogP contribution in [-0.4, -0.2) is 34.2 Å². The highest BCUT2D eigenvalue weighted by Crippen LogP contribution is 2.29. The highest BCUT2D eigenvalue weighted by molar-refractivity contribution is 5.89. The van der Waals surface area contributed by atoms with E-state index in [0.717, 1.165) is 29.7 Å². The first-order valence-electron chi connectivity index (χ1n) is 9.47. The van der Waals surface area contributed by atoms with E-state index >= 15 is 0 Å². The molecule has 0 radical (unpaired) electrons. The van der Waals surface area contributed by atoms with Gasteiger partial charge in [0.1, 0.15) is 0 Å². The van der Waals surface area contributed by atoms with Gasteiger partial charge in [-0.25, -0.2) is 4.79 Å². The lowest BCUT2D eigenvalue weighted by atomic mass is 9.97. The Balaban J connectivity index is 0.00000240. The Bertz CT molecular complexity index is 922. The molecule has 2 amide bonds. The molecule has 0 spiro atoms. The maximum Gasteiger partial charge on any atom is 0.321 e. The summed E-state index contributed by atoms with van der Waals surface area (Å²) in [6, 6.07) is 17.3. The average Bonchev–Trinajstić information content (AvgIpc) is 3.25. The summed E-state index contributed by atoms with van der Waals surface area (Å²) in [5, 5.41) is 7.04. The third-order valence-electron chi connectivity index (χ3n) is 5.05. The van der Waals surface area contributed by atoms with E-state index in [0.29, 0.717) is 31.3 Å². The van der Waals surface area contributed by atoms with Gasteiger partial charge >= 0.3 is 6.03 Å². The fourth-order valence-electron chi connectivity index (χ4n) is 3.36. The molecule has 7 nitrogen and oxygen atoms in total. The molecule has 3 N–H and O–H groups in total. The van der Waals surface area contributed by atoms with E-state index in [-0.39, 0.29) is 24.4 Å². The minimum atomic E-state index is -0.0733. The first kappa shape index (κ1) is 20.8. The molecule has 1 aliphatic heterocycles. The van der Waals surface area contributed by atoms with Gasteiger partial charge in [-0.05, 0) is 30.5 Å². The SMILES string of the molecule is Cl.NCc1ccc(-c2noc(C3CCN(C(=O)Nc4ccccc4)CC3)n2)cc1. The van der Waals surface area contributed by atoms with Crippen LogP contribution in [0, 0.1) is 0 Å². The largest absolute Gasteiger partial charge is 0.339 e. The summed E-state index contributed by atoms with van der Waals surface area (Å²) >= 11 is 0. The van der Waals surface area contributed by atoms with Gasteiger partial charge in [0.15, 0.2) is 0 Å². The Kier molecular flexibility index (Phi) is 6.85. The van der Waals surface area contributed by atoms with E-state index in [1.54, 1.807) is 0 Å². The minimum Gasteiger partial charge on any atom is -0.339 e.